The third kappa shape index (κ3) is 3.81. The van der Waals surface area contributed by atoms with Crippen molar-refractivity contribution in [3.63, 3.8) is 0 Å². The number of rotatable bonds is 4. The van der Waals surface area contributed by atoms with E-state index in [1.54, 1.807) is 12.1 Å². The second-order valence-electron chi connectivity index (χ2n) is 6.93. The largest absolute Gasteiger partial charge is 0.354 e. The SMILES string of the molecule is O=C(Cn1cnc2ccc(Br)cc2c1=O)NC[C@@H]1CCCc2ccccc21. The Morgan fingerprint density at radius 3 is 3.00 bits per heavy atom. The molecule has 27 heavy (non-hydrogen) atoms. The molecule has 0 saturated heterocycles. The van der Waals surface area contributed by atoms with Gasteiger partial charge in [0.2, 0.25) is 5.91 Å². The molecule has 1 atom stereocenters. The molecule has 1 amide bonds. The van der Waals surface area contributed by atoms with Crippen LogP contribution in [0.25, 0.3) is 10.9 Å². The van der Waals surface area contributed by atoms with E-state index in [1.807, 2.05) is 6.07 Å². The van der Waals surface area contributed by atoms with E-state index in [1.165, 1.54) is 22.0 Å². The van der Waals surface area contributed by atoms with Crippen LogP contribution < -0.4 is 10.9 Å². The van der Waals surface area contributed by atoms with Crippen LogP contribution in [-0.2, 0) is 17.8 Å². The summed E-state index contributed by atoms with van der Waals surface area (Å²) < 4.78 is 2.17. The molecule has 1 N–H and O–H groups in total. The van der Waals surface area contributed by atoms with Crippen molar-refractivity contribution in [2.45, 2.75) is 31.7 Å². The van der Waals surface area contributed by atoms with Crippen molar-refractivity contribution in [1.29, 1.82) is 0 Å². The zero-order valence-electron chi connectivity index (χ0n) is 14.8. The van der Waals surface area contributed by atoms with Crippen LogP contribution in [0, 0.1) is 0 Å². The molecule has 0 radical (unpaired) electrons. The zero-order valence-corrected chi connectivity index (χ0v) is 16.4. The van der Waals surface area contributed by atoms with Crippen molar-refractivity contribution in [1.82, 2.24) is 14.9 Å². The Morgan fingerprint density at radius 1 is 1.26 bits per heavy atom. The predicted molar refractivity (Wildman–Crippen MR) is 109 cm³/mol. The molecular weight excluding hydrogens is 406 g/mol. The summed E-state index contributed by atoms with van der Waals surface area (Å²) in [5, 5.41) is 3.49. The van der Waals surface area contributed by atoms with Crippen LogP contribution in [0.4, 0.5) is 0 Å². The first-order valence-electron chi connectivity index (χ1n) is 9.11. The molecule has 2 aromatic carbocycles. The third-order valence-corrected chi connectivity index (χ3v) is 5.63. The quantitative estimate of drug-likeness (QED) is 0.696. The molecule has 1 aliphatic rings. The lowest BCUT2D eigenvalue weighted by molar-refractivity contribution is -0.121. The number of nitrogens with one attached hydrogen (secondary N) is 1. The van der Waals surface area contributed by atoms with Crippen LogP contribution in [0.3, 0.4) is 0 Å². The second-order valence-corrected chi connectivity index (χ2v) is 7.85. The average molecular weight is 426 g/mol. The van der Waals surface area contributed by atoms with E-state index in [-0.39, 0.29) is 18.0 Å². The van der Waals surface area contributed by atoms with Crippen LogP contribution in [-0.4, -0.2) is 22.0 Å². The van der Waals surface area contributed by atoms with Gasteiger partial charge in [-0.1, -0.05) is 40.2 Å². The summed E-state index contributed by atoms with van der Waals surface area (Å²) in [6.07, 6.45) is 4.76. The number of benzene rings is 2. The van der Waals surface area contributed by atoms with Gasteiger partial charge >= 0.3 is 0 Å². The van der Waals surface area contributed by atoms with Crippen molar-refractivity contribution in [2.75, 3.05) is 6.54 Å². The van der Waals surface area contributed by atoms with E-state index < -0.39 is 0 Å². The van der Waals surface area contributed by atoms with Gasteiger partial charge in [0.15, 0.2) is 0 Å². The Hall–Kier alpha value is -2.47. The molecule has 0 aliphatic heterocycles. The Labute approximate surface area is 165 Å². The monoisotopic (exact) mass is 425 g/mol. The first-order chi connectivity index (χ1) is 13.1. The number of nitrogens with zero attached hydrogens (tertiary/aromatic N) is 2. The average Bonchev–Trinajstić information content (AvgIpc) is 2.69. The fraction of sp³-hybridized carbons (Fsp3) is 0.286. The molecule has 1 heterocycles. The van der Waals surface area contributed by atoms with Gasteiger partial charge < -0.3 is 5.32 Å². The molecule has 3 aromatic rings. The minimum absolute atomic E-state index is 0.0251. The van der Waals surface area contributed by atoms with Crippen LogP contribution in [0.2, 0.25) is 0 Å². The molecule has 0 saturated carbocycles. The summed E-state index contributed by atoms with van der Waals surface area (Å²) in [5.74, 6) is 0.164. The van der Waals surface area contributed by atoms with Gasteiger partial charge in [0.25, 0.3) is 5.56 Å². The summed E-state index contributed by atoms with van der Waals surface area (Å²) in [6.45, 7) is 0.569. The zero-order chi connectivity index (χ0) is 18.8. The predicted octanol–water partition coefficient (Wildman–Crippen LogP) is 3.40. The minimum atomic E-state index is -0.209. The van der Waals surface area contributed by atoms with Crippen molar-refractivity contribution in [3.8, 4) is 0 Å². The lowest BCUT2D eigenvalue weighted by atomic mass is 9.83. The van der Waals surface area contributed by atoms with Crippen LogP contribution in [0.1, 0.15) is 29.9 Å². The highest BCUT2D eigenvalue weighted by atomic mass is 79.9. The second kappa shape index (κ2) is 7.64. The van der Waals surface area contributed by atoms with Gasteiger partial charge in [-0.05, 0) is 48.6 Å². The van der Waals surface area contributed by atoms with Gasteiger partial charge in [0.05, 0.1) is 17.2 Å². The maximum atomic E-state index is 12.6. The highest BCUT2D eigenvalue weighted by Gasteiger charge is 2.20. The summed E-state index contributed by atoms with van der Waals surface area (Å²) >= 11 is 3.37. The Bertz CT molecular complexity index is 1060. The van der Waals surface area contributed by atoms with Gasteiger partial charge in [0, 0.05) is 16.9 Å². The summed E-state index contributed by atoms with van der Waals surface area (Å²) in [5.41, 5.74) is 3.13. The molecular formula is C21H20BrN3O2. The summed E-state index contributed by atoms with van der Waals surface area (Å²) in [7, 11) is 0. The fourth-order valence-electron chi connectivity index (χ4n) is 3.76. The Balaban J connectivity index is 1.46. The molecule has 0 fully saturated rings. The Morgan fingerprint density at radius 2 is 2.11 bits per heavy atom. The number of aromatic nitrogens is 2. The van der Waals surface area contributed by atoms with E-state index >= 15 is 0 Å². The highest BCUT2D eigenvalue weighted by molar-refractivity contribution is 9.10. The number of hydrogen-bond acceptors (Lipinski definition) is 3. The van der Waals surface area contributed by atoms with Gasteiger partial charge in [-0.3, -0.25) is 14.2 Å². The van der Waals surface area contributed by atoms with E-state index in [9.17, 15) is 9.59 Å². The first kappa shape index (κ1) is 17.9. The molecule has 5 nitrogen and oxygen atoms in total. The maximum Gasteiger partial charge on any atom is 0.261 e. The van der Waals surface area contributed by atoms with E-state index in [0.29, 0.717) is 23.4 Å². The number of hydrogen-bond donors (Lipinski definition) is 1. The molecule has 138 valence electrons. The molecule has 0 unspecified atom stereocenters. The molecule has 1 aliphatic carbocycles. The lowest BCUT2D eigenvalue weighted by Gasteiger charge is -2.25. The van der Waals surface area contributed by atoms with Gasteiger partial charge in [-0.25, -0.2) is 4.98 Å². The van der Waals surface area contributed by atoms with Gasteiger partial charge in [-0.2, -0.15) is 0 Å². The number of amides is 1. The van der Waals surface area contributed by atoms with Crippen LogP contribution in [0.5, 0.6) is 0 Å². The van der Waals surface area contributed by atoms with Crippen molar-refractivity contribution in [3.05, 3.63) is 74.7 Å². The smallest absolute Gasteiger partial charge is 0.261 e. The Kier molecular flexibility index (Phi) is 5.07. The number of fused-ring (bicyclic) bond motifs is 2. The van der Waals surface area contributed by atoms with Crippen molar-refractivity contribution in [2.24, 2.45) is 0 Å². The molecule has 6 heteroatoms. The lowest BCUT2D eigenvalue weighted by Crippen LogP contribution is -2.35. The normalized spacial score (nSPS) is 16.1. The number of halogens is 1. The summed E-state index contributed by atoms with van der Waals surface area (Å²) in [6, 6.07) is 13.8. The number of carbonyl (C=O) groups excluding carboxylic acids is 1. The van der Waals surface area contributed by atoms with Crippen LogP contribution >= 0.6 is 15.9 Å². The van der Waals surface area contributed by atoms with Gasteiger partial charge in [-0.15, -0.1) is 0 Å². The van der Waals surface area contributed by atoms with Crippen molar-refractivity contribution >= 4 is 32.7 Å². The fourth-order valence-corrected chi connectivity index (χ4v) is 4.12. The molecule has 0 bridgehead atoms. The first-order valence-corrected chi connectivity index (χ1v) is 9.90. The minimum Gasteiger partial charge on any atom is -0.354 e. The highest BCUT2D eigenvalue weighted by Crippen LogP contribution is 2.30. The summed E-state index contributed by atoms with van der Waals surface area (Å²) in [4.78, 5) is 29.3. The number of aryl methyl sites for hydroxylation is 1. The third-order valence-electron chi connectivity index (χ3n) is 5.14. The molecule has 0 spiro atoms. The molecule has 4 rings (SSSR count). The number of carbonyl (C=O) groups is 1. The maximum absolute atomic E-state index is 12.6. The van der Waals surface area contributed by atoms with Crippen LogP contribution in [0.15, 0.2) is 58.1 Å². The van der Waals surface area contributed by atoms with Gasteiger partial charge in [0.1, 0.15) is 6.54 Å². The van der Waals surface area contributed by atoms with Crippen molar-refractivity contribution < 1.29 is 4.79 Å². The van der Waals surface area contributed by atoms with E-state index in [2.05, 4.69) is 50.5 Å². The van der Waals surface area contributed by atoms with E-state index in [0.717, 1.165) is 23.7 Å². The standard InChI is InChI=1S/C21H20BrN3O2/c22-16-8-9-19-18(10-16)21(27)25(13-24-19)12-20(26)23-11-15-6-3-5-14-4-1-2-7-17(14)15/h1-2,4,7-10,13,15H,3,5-6,11-12H2,(H,23,26)/t15-/m0/s1. The topological polar surface area (TPSA) is 64.0 Å². The van der Waals surface area contributed by atoms with E-state index in [4.69, 9.17) is 0 Å². The molecule has 1 aromatic heterocycles.